The topological polar surface area (TPSA) is 17.1 Å². The summed E-state index contributed by atoms with van der Waals surface area (Å²) in [5.74, 6) is 1.54. The lowest BCUT2D eigenvalue weighted by Gasteiger charge is -2.11. The average molecular weight is 451 g/mol. The maximum absolute atomic E-state index is 11.2. The van der Waals surface area contributed by atoms with Gasteiger partial charge in [0.25, 0.3) is 0 Å². The molecule has 2 atom stereocenters. The van der Waals surface area contributed by atoms with Gasteiger partial charge in [-0.1, -0.05) is 168 Å². The van der Waals surface area contributed by atoms with E-state index in [-0.39, 0.29) is 5.92 Å². The highest BCUT2D eigenvalue weighted by molar-refractivity contribution is 5.77. The Kier molecular flexibility index (Phi) is 25.0. The minimum atomic E-state index is 0.273. The molecule has 0 saturated carbocycles. The van der Waals surface area contributed by atoms with E-state index in [2.05, 4.69) is 20.8 Å². The predicted molar refractivity (Wildman–Crippen MR) is 145 cm³/mol. The highest BCUT2D eigenvalue weighted by Crippen LogP contribution is 2.19. The number of Topliss-reactive ketones (excluding diaryl/α,β-unsaturated/α-hetero) is 1. The standard InChI is InChI=1S/C31H62O/c1-5-6-7-8-9-10-11-12-13-14-15-16-17-18-20-23-26-29(2)27-24-21-19-22-25-28-30(3)31(4)32/h29-30H,5-28H2,1-4H3. The van der Waals surface area contributed by atoms with Crippen LogP contribution in [0.4, 0.5) is 0 Å². The van der Waals surface area contributed by atoms with E-state index in [0.717, 1.165) is 12.3 Å². The fraction of sp³-hybridized carbons (Fsp3) is 0.968. The van der Waals surface area contributed by atoms with Crippen LogP contribution in [0.15, 0.2) is 0 Å². The smallest absolute Gasteiger partial charge is 0.132 e. The number of unbranched alkanes of at least 4 members (excludes halogenated alkanes) is 19. The van der Waals surface area contributed by atoms with Crippen LogP contribution in [0.1, 0.15) is 182 Å². The van der Waals surface area contributed by atoms with Crippen molar-refractivity contribution in [2.45, 2.75) is 182 Å². The molecule has 1 nitrogen and oxygen atoms in total. The Bertz CT molecular complexity index is 375. The molecule has 0 radical (unpaired) electrons. The van der Waals surface area contributed by atoms with Crippen LogP contribution >= 0.6 is 0 Å². The fourth-order valence-electron chi connectivity index (χ4n) is 4.86. The summed E-state index contributed by atoms with van der Waals surface area (Å²) < 4.78 is 0. The number of hydrogen-bond donors (Lipinski definition) is 0. The van der Waals surface area contributed by atoms with Crippen molar-refractivity contribution in [2.75, 3.05) is 0 Å². The molecule has 0 rings (SSSR count). The first-order chi connectivity index (χ1) is 15.6. The zero-order valence-electron chi connectivity index (χ0n) is 23.0. The van der Waals surface area contributed by atoms with Gasteiger partial charge in [-0.05, 0) is 19.3 Å². The van der Waals surface area contributed by atoms with Gasteiger partial charge in [0.2, 0.25) is 0 Å². The van der Waals surface area contributed by atoms with Gasteiger partial charge in [-0.15, -0.1) is 0 Å². The predicted octanol–water partition coefficient (Wildman–Crippen LogP) is 11.2. The first kappa shape index (κ1) is 31.7. The lowest BCUT2D eigenvalue weighted by molar-refractivity contribution is -0.120. The Morgan fingerprint density at radius 3 is 1.06 bits per heavy atom. The summed E-state index contributed by atoms with van der Waals surface area (Å²) in [7, 11) is 0. The lowest BCUT2D eigenvalue weighted by atomic mass is 9.95. The molecule has 0 aromatic carbocycles. The summed E-state index contributed by atoms with van der Waals surface area (Å²) in [4.78, 5) is 11.2. The molecule has 32 heavy (non-hydrogen) atoms. The van der Waals surface area contributed by atoms with Crippen LogP contribution in [0.2, 0.25) is 0 Å². The second-order valence-corrected chi connectivity index (χ2v) is 11.1. The average Bonchev–Trinajstić information content (AvgIpc) is 2.77. The third kappa shape index (κ3) is 24.3. The van der Waals surface area contributed by atoms with Crippen LogP contribution in [0.3, 0.4) is 0 Å². The molecule has 0 aromatic rings. The van der Waals surface area contributed by atoms with Gasteiger partial charge in [0.15, 0.2) is 0 Å². The molecule has 0 fully saturated rings. The molecule has 0 saturated heterocycles. The number of carbonyl (C=O) groups is 1. The largest absolute Gasteiger partial charge is 0.300 e. The van der Waals surface area contributed by atoms with E-state index in [1.165, 1.54) is 148 Å². The van der Waals surface area contributed by atoms with E-state index >= 15 is 0 Å². The van der Waals surface area contributed by atoms with Crippen molar-refractivity contribution in [2.24, 2.45) is 11.8 Å². The van der Waals surface area contributed by atoms with Crippen LogP contribution in [0, 0.1) is 11.8 Å². The van der Waals surface area contributed by atoms with Crippen LogP contribution in [-0.4, -0.2) is 5.78 Å². The van der Waals surface area contributed by atoms with Crippen LogP contribution in [0.5, 0.6) is 0 Å². The molecule has 0 N–H and O–H groups in total. The summed E-state index contributed by atoms with van der Waals surface area (Å²) in [6.45, 7) is 8.56. The van der Waals surface area contributed by atoms with Gasteiger partial charge < -0.3 is 0 Å². The first-order valence-electron chi connectivity index (χ1n) is 15.1. The Labute approximate surface area is 204 Å². The van der Waals surface area contributed by atoms with Crippen LogP contribution in [0.25, 0.3) is 0 Å². The van der Waals surface area contributed by atoms with Gasteiger partial charge in [-0.2, -0.15) is 0 Å². The van der Waals surface area contributed by atoms with Crippen molar-refractivity contribution in [1.82, 2.24) is 0 Å². The van der Waals surface area contributed by atoms with Crippen LogP contribution in [-0.2, 0) is 4.79 Å². The van der Waals surface area contributed by atoms with Crippen LogP contribution < -0.4 is 0 Å². The minimum absolute atomic E-state index is 0.273. The van der Waals surface area contributed by atoms with E-state index in [1.807, 2.05) is 0 Å². The Morgan fingerprint density at radius 2 is 0.750 bits per heavy atom. The number of hydrogen-bond acceptors (Lipinski definition) is 1. The molecule has 0 aliphatic heterocycles. The molecule has 0 aliphatic carbocycles. The SMILES string of the molecule is CCCCCCCCCCCCCCCCCCC(C)CCCCCCCC(C)C(C)=O. The van der Waals surface area contributed by atoms with Crippen molar-refractivity contribution in [1.29, 1.82) is 0 Å². The maximum Gasteiger partial charge on any atom is 0.132 e. The van der Waals surface area contributed by atoms with Crippen molar-refractivity contribution in [3.8, 4) is 0 Å². The minimum Gasteiger partial charge on any atom is -0.300 e. The third-order valence-electron chi connectivity index (χ3n) is 7.58. The van der Waals surface area contributed by atoms with Gasteiger partial charge in [-0.25, -0.2) is 0 Å². The summed E-state index contributed by atoms with van der Waals surface area (Å²) in [6, 6.07) is 0. The second-order valence-electron chi connectivity index (χ2n) is 11.1. The third-order valence-corrected chi connectivity index (χ3v) is 7.58. The first-order valence-corrected chi connectivity index (χ1v) is 15.1. The Balaban J connectivity index is 3.19. The second kappa shape index (κ2) is 25.3. The molecule has 0 spiro atoms. The van der Waals surface area contributed by atoms with Crippen molar-refractivity contribution in [3.05, 3.63) is 0 Å². The number of ketones is 1. The zero-order chi connectivity index (χ0) is 23.7. The highest BCUT2D eigenvalue weighted by atomic mass is 16.1. The van der Waals surface area contributed by atoms with Gasteiger partial charge in [0.05, 0.1) is 0 Å². The van der Waals surface area contributed by atoms with Crippen molar-refractivity contribution in [3.63, 3.8) is 0 Å². The van der Waals surface area contributed by atoms with E-state index in [4.69, 9.17) is 0 Å². The molecule has 2 unspecified atom stereocenters. The molecule has 1 heteroatoms. The zero-order valence-corrected chi connectivity index (χ0v) is 23.0. The van der Waals surface area contributed by atoms with E-state index in [9.17, 15) is 4.79 Å². The monoisotopic (exact) mass is 450 g/mol. The van der Waals surface area contributed by atoms with E-state index in [0.29, 0.717) is 5.78 Å². The van der Waals surface area contributed by atoms with Gasteiger partial charge in [-0.3, -0.25) is 4.79 Å². The maximum atomic E-state index is 11.2. The summed E-state index contributed by atoms with van der Waals surface area (Å²) in [5, 5.41) is 0. The summed E-state index contributed by atoms with van der Waals surface area (Å²) >= 11 is 0. The normalized spacial score (nSPS) is 13.4. The quantitative estimate of drug-likeness (QED) is 0.120. The van der Waals surface area contributed by atoms with Crippen molar-refractivity contribution >= 4 is 5.78 Å². The molecule has 0 amide bonds. The van der Waals surface area contributed by atoms with E-state index in [1.54, 1.807) is 6.92 Å². The molecule has 192 valence electrons. The molecular formula is C31H62O. The highest BCUT2D eigenvalue weighted by Gasteiger charge is 2.06. The van der Waals surface area contributed by atoms with Gasteiger partial charge >= 0.3 is 0 Å². The summed E-state index contributed by atoms with van der Waals surface area (Å²) in [5.41, 5.74) is 0. The molecule has 0 heterocycles. The lowest BCUT2D eigenvalue weighted by Crippen LogP contribution is -2.05. The molecular weight excluding hydrogens is 388 g/mol. The summed E-state index contributed by atoms with van der Waals surface area (Å²) in [6.07, 6.45) is 34.0. The molecule has 0 aromatic heterocycles. The molecule has 0 aliphatic rings. The Morgan fingerprint density at radius 1 is 0.469 bits per heavy atom. The van der Waals surface area contributed by atoms with Gasteiger partial charge in [0.1, 0.15) is 5.78 Å². The fourth-order valence-corrected chi connectivity index (χ4v) is 4.86. The number of rotatable bonds is 26. The van der Waals surface area contributed by atoms with Gasteiger partial charge in [0, 0.05) is 5.92 Å². The van der Waals surface area contributed by atoms with Crippen molar-refractivity contribution < 1.29 is 4.79 Å². The van der Waals surface area contributed by atoms with E-state index < -0.39 is 0 Å². The molecule has 0 bridgehead atoms. The Hall–Kier alpha value is -0.330. The number of carbonyl (C=O) groups excluding carboxylic acids is 1.